The highest BCUT2D eigenvalue weighted by Crippen LogP contribution is 1.99. The van der Waals surface area contributed by atoms with Crippen molar-refractivity contribution in [1.29, 1.82) is 0 Å². The molecule has 0 saturated carbocycles. The lowest BCUT2D eigenvalue weighted by molar-refractivity contribution is 0.923. The lowest BCUT2D eigenvalue weighted by Crippen LogP contribution is -2.20. The fourth-order valence-corrected chi connectivity index (χ4v) is 1.59. The molecule has 2 rings (SSSR count). The highest BCUT2D eigenvalue weighted by atomic mass is 14.7. The van der Waals surface area contributed by atoms with Crippen LogP contribution in [0.15, 0.2) is 6.07 Å². The molecular formula is C12H19N. The van der Waals surface area contributed by atoms with Gasteiger partial charge >= 0.3 is 0 Å². The first-order chi connectivity index (χ1) is 6.36. The number of fused-ring (bicyclic) bond motifs is 1. The Balaban J connectivity index is 0.000000396. The Labute approximate surface area is 80.2 Å². The van der Waals surface area contributed by atoms with E-state index < -0.39 is 0 Å². The Morgan fingerprint density at radius 2 is 1.85 bits per heavy atom. The molecule has 0 amide bonds. The smallest absolute Gasteiger partial charge is 0.0412 e. The molecule has 1 heterocycles. The van der Waals surface area contributed by atoms with Crippen molar-refractivity contribution in [2.45, 2.75) is 40.0 Å². The average Bonchev–Trinajstić information content (AvgIpc) is 2.36. The van der Waals surface area contributed by atoms with E-state index in [0.29, 0.717) is 0 Å². The molecule has 1 aliphatic carbocycles. The predicted octanol–water partition coefficient (Wildman–Crippen LogP) is 2.09. The second kappa shape index (κ2) is 4.90. The molecule has 1 nitrogen and oxygen atoms in total. The second-order valence-electron chi connectivity index (χ2n) is 3.16. The van der Waals surface area contributed by atoms with Crippen LogP contribution in [0, 0.1) is 6.92 Å². The second-order valence-corrected chi connectivity index (χ2v) is 3.16. The van der Waals surface area contributed by atoms with Crippen LogP contribution in [0.1, 0.15) is 38.8 Å². The zero-order valence-electron chi connectivity index (χ0n) is 8.85. The molecule has 0 fully saturated rings. The number of aryl methyl sites for hydroxylation is 1. The summed E-state index contributed by atoms with van der Waals surface area (Å²) >= 11 is 0. The van der Waals surface area contributed by atoms with Gasteiger partial charge in [-0.3, -0.25) is 0 Å². The molecule has 1 aromatic heterocycles. The first-order valence-corrected chi connectivity index (χ1v) is 5.22. The van der Waals surface area contributed by atoms with Gasteiger partial charge in [-0.1, -0.05) is 26.0 Å². The van der Waals surface area contributed by atoms with Crippen LogP contribution in [0.2, 0.25) is 0 Å². The van der Waals surface area contributed by atoms with Gasteiger partial charge in [-0.05, 0) is 37.5 Å². The van der Waals surface area contributed by atoms with Gasteiger partial charge in [0, 0.05) is 11.0 Å². The molecule has 0 radical (unpaired) electrons. The van der Waals surface area contributed by atoms with Crippen molar-refractivity contribution in [1.82, 2.24) is 4.98 Å². The van der Waals surface area contributed by atoms with Crippen LogP contribution in [0.3, 0.4) is 0 Å². The van der Waals surface area contributed by atoms with Crippen LogP contribution in [-0.4, -0.2) is 4.98 Å². The van der Waals surface area contributed by atoms with E-state index in [0.717, 1.165) is 0 Å². The summed E-state index contributed by atoms with van der Waals surface area (Å²) < 4.78 is 0. The number of aromatic amines is 1. The topological polar surface area (TPSA) is 15.8 Å². The number of nitrogens with one attached hydrogen (secondary N) is 1. The first kappa shape index (κ1) is 10.1. The van der Waals surface area contributed by atoms with E-state index in [4.69, 9.17) is 0 Å². The van der Waals surface area contributed by atoms with Gasteiger partial charge in [-0.15, -0.1) is 0 Å². The minimum Gasteiger partial charge on any atom is -0.359 e. The highest BCUT2D eigenvalue weighted by Gasteiger charge is 1.94. The summed E-state index contributed by atoms with van der Waals surface area (Å²) in [4.78, 5) is 3.35. The maximum atomic E-state index is 3.35. The van der Waals surface area contributed by atoms with Gasteiger partial charge in [0.05, 0.1) is 0 Å². The van der Waals surface area contributed by atoms with Crippen molar-refractivity contribution in [2.24, 2.45) is 0 Å². The summed E-state index contributed by atoms with van der Waals surface area (Å²) in [6, 6.07) is 2.22. The van der Waals surface area contributed by atoms with E-state index in [-0.39, 0.29) is 0 Å². The molecule has 0 aromatic carbocycles. The van der Waals surface area contributed by atoms with Gasteiger partial charge in [0.25, 0.3) is 0 Å². The zero-order chi connectivity index (χ0) is 9.68. The van der Waals surface area contributed by atoms with E-state index in [2.05, 4.69) is 30.1 Å². The number of hydrogen-bond donors (Lipinski definition) is 1. The quantitative estimate of drug-likeness (QED) is 0.624. The van der Waals surface area contributed by atoms with Crippen LogP contribution in [0.5, 0.6) is 0 Å². The summed E-state index contributed by atoms with van der Waals surface area (Å²) in [5.74, 6) is 0. The lowest BCUT2D eigenvalue weighted by Gasteiger charge is -1.84. The van der Waals surface area contributed by atoms with Crippen LogP contribution in [-0.2, 0) is 0 Å². The molecule has 0 atom stereocenters. The van der Waals surface area contributed by atoms with Gasteiger partial charge in [0.1, 0.15) is 0 Å². The van der Waals surface area contributed by atoms with Gasteiger partial charge in [0.2, 0.25) is 0 Å². The Kier molecular flexibility index (Phi) is 3.81. The molecule has 13 heavy (non-hydrogen) atoms. The van der Waals surface area contributed by atoms with E-state index in [1.807, 2.05) is 13.8 Å². The zero-order valence-corrected chi connectivity index (χ0v) is 8.85. The average molecular weight is 177 g/mol. The Bertz CT molecular complexity index is 323. The van der Waals surface area contributed by atoms with E-state index >= 15 is 0 Å². The third-order valence-electron chi connectivity index (χ3n) is 2.14. The minimum absolute atomic E-state index is 1.21. The molecule has 0 spiro atoms. The molecule has 1 aromatic rings. The fraction of sp³-hybridized carbons (Fsp3) is 0.500. The fourth-order valence-electron chi connectivity index (χ4n) is 1.59. The molecule has 1 heteroatoms. The molecule has 0 unspecified atom stereocenters. The van der Waals surface area contributed by atoms with E-state index in [9.17, 15) is 0 Å². The monoisotopic (exact) mass is 177 g/mol. The largest absolute Gasteiger partial charge is 0.359 e. The van der Waals surface area contributed by atoms with Gasteiger partial charge < -0.3 is 4.98 Å². The van der Waals surface area contributed by atoms with Gasteiger partial charge in [0.15, 0.2) is 0 Å². The lowest BCUT2D eigenvalue weighted by atomic mass is 10.2. The van der Waals surface area contributed by atoms with Crippen molar-refractivity contribution in [2.75, 3.05) is 0 Å². The van der Waals surface area contributed by atoms with Crippen molar-refractivity contribution in [3.05, 3.63) is 22.3 Å². The van der Waals surface area contributed by atoms with Crippen molar-refractivity contribution in [3.63, 3.8) is 0 Å². The first-order valence-electron chi connectivity index (χ1n) is 5.22. The Morgan fingerprint density at radius 1 is 1.15 bits per heavy atom. The molecular weight excluding hydrogens is 158 g/mol. The molecule has 0 bridgehead atoms. The highest BCUT2D eigenvalue weighted by molar-refractivity contribution is 5.33. The van der Waals surface area contributed by atoms with Crippen LogP contribution < -0.4 is 10.6 Å². The van der Waals surface area contributed by atoms with E-state index in [1.54, 1.807) is 0 Å². The summed E-state index contributed by atoms with van der Waals surface area (Å²) in [6.07, 6.45) is 8.35. The molecule has 0 aliphatic heterocycles. The van der Waals surface area contributed by atoms with Crippen molar-refractivity contribution < 1.29 is 0 Å². The van der Waals surface area contributed by atoms with Gasteiger partial charge in [-0.25, -0.2) is 0 Å². The number of rotatable bonds is 0. The SMILES string of the molecule is CC.Cc1cc2c([nH]1)=CCCCC=2. The number of hydrogen-bond acceptors (Lipinski definition) is 0. The predicted molar refractivity (Wildman–Crippen MR) is 58.9 cm³/mol. The molecule has 1 aliphatic rings. The standard InChI is InChI=1S/C10H13N.C2H6/c1-8-7-9-5-3-2-4-6-10(9)11-8;1-2/h5-7,11H,2-4H2,1H3;1-2H3. The third kappa shape index (κ3) is 2.48. The number of aromatic nitrogens is 1. The summed E-state index contributed by atoms with van der Waals surface area (Å²) in [7, 11) is 0. The summed E-state index contributed by atoms with van der Waals surface area (Å²) in [6.45, 7) is 6.11. The molecule has 0 saturated heterocycles. The normalized spacial score (nSPS) is 14.1. The van der Waals surface area contributed by atoms with Crippen molar-refractivity contribution in [3.8, 4) is 0 Å². The third-order valence-corrected chi connectivity index (χ3v) is 2.14. The van der Waals surface area contributed by atoms with Gasteiger partial charge in [-0.2, -0.15) is 0 Å². The maximum Gasteiger partial charge on any atom is 0.0412 e. The molecule has 1 N–H and O–H groups in total. The van der Waals surface area contributed by atoms with Crippen LogP contribution in [0.25, 0.3) is 12.2 Å². The van der Waals surface area contributed by atoms with Crippen molar-refractivity contribution >= 4 is 12.2 Å². The summed E-state index contributed by atoms with van der Waals surface area (Å²) in [5, 5.41) is 2.71. The number of H-pyrrole nitrogens is 1. The Morgan fingerprint density at radius 3 is 2.62 bits per heavy atom. The van der Waals surface area contributed by atoms with Crippen LogP contribution >= 0.6 is 0 Å². The Hall–Kier alpha value is -0.980. The van der Waals surface area contributed by atoms with E-state index in [1.165, 1.54) is 35.5 Å². The van der Waals surface area contributed by atoms with Crippen LogP contribution in [0.4, 0.5) is 0 Å². The summed E-state index contributed by atoms with van der Waals surface area (Å²) in [5.41, 5.74) is 1.27. The minimum atomic E-state index is 1.21. The molecule has 72 valence electrons. The maximum absolute atomic E-state index is 3.35.